The first kappa shape index (κ1) is 18.8. The Balaban J connectivity index is 1.64. The van der Waals surface area contributed by atoms with Crippen LogP contribution in [0.25, 0.3) is 10.9 Å². The average Bonchev–Trinajstić information content (AvgIpc) is 3.36. The zero-order valence-corrected chi connectivity index (χ0v) is 16.6. The third kappa shape index (κ3) is 4.15. The van der Waals surface area contributed by atoms with Crippen molar-refractivity contribution >= 4 is 40.2 Å². The van der Waals surface area contributed by atoms with Gasteiger partial charge in [-0.15, -0.1) is 0 Å². The molecule has 0 N–H and O–H groups in total. The number of benzene rings is 1. The van der Waals surface area contributed by atoms with Gasteiger partial charge in [0, 0.05) is 24.7 Å². The number of likely N-dealkylation sites (tertiary alicyclic amines) is 1. The zero-order valence-electron chi connectivity index (χ0n) is 15.0. The molecule has 0 unspecified atom stereocenters. The van der Waals surface area contributed by atoms with Crippen molar-refractivity contribution < 1.29 is 9.53 Å². The number of carbonyl (C=O) groups excluding carboxylic acids is 1. The quantitative estimate of drug-likeness (QED) is 0.563. The molecule has 6 nitrogen and oxygen atoms in total. The van der Waals surface area contributed by atoms with Crippen molar-refractivity contribution in [1.29, 1.82) is 0 Å². The second kappa shape index (κ2) is 8.20. The molecule has 0 spiro atoms. The van der Waals surface area contributed by atoms with E-state index in [4.69, 9.17) is 16.3 Å². The van der Waals surface area contributed by atoms with Crippen LogP contribution in [-0.4, -0.2) is 51.9 Å². The van der Waals surface area contributed by atoms with Gasteiger partial charge in [-0.1, -0.05) is 23.4 Å². The number of carbonyl (C=O) groups is 1. The number of rotatable bonds is 5. The topological polar surface area (TPSA) is 64.4 Å². The van der Waals surface area contributed by atoms with E-state index in [0.29, 0.717) is 27.6 Å². The molecule has 8 heteroatoms. The van der Waals surface area contributed by atoms with Crippen LogP contribution in [0.4, 0.5) is 0 Å². The molecule has 2 fully saturated rings. The van der Waals surface area contributed by atoms with Gasteiger partial charge in [0.15, 0.2) is 5.16 Å². The lowest BCUT2D eigenvalue weighted by Crippen LogP contribution is -2.31. The molecule has 0 radical (unpaired) electrons. The van der Waals surface area contributed by atoms with E-state index in [9.17, 15) is 9.59 Å². The van der Waals surface area contributed by atoms with Crippen molar-refractivity contribution in [1.82, 2.24) is 14.5 Å². The monoisotopic (exact) mass is 407 g/mol. The van der Waals surface area contributed by atoms with Crippen LogP contribution < -0.4 is 5.56 Å². The highest BCUT2D eigenvalue weighted by molar-refractivity contribution is 7.99. The fraction of sp³-hybridized carbons (Fsp3) is 0.526. The van der Waals surface area contributed by atoms with Crippen molar-refractivity contribution in [2.75, 3.05) is 25.4 Å². The molecule has 0 aliphatic carbocycles. The first-order chi connectivity index (χ1) is 13.1. The standard InChI is InChI=1S/C19H22ClN3O3S/c20-13-5-6-15-16(10-13)21-19(27-12-17(24)22-7-1-2-8-22)23(18(15)25)11-14-4-3-9-26-14/h5-6,10,14H,1-4,7-9,11-12H2/t14-/m1/s1. The summed E-state index contributed by atoms with van der Waals surface area (Å²) in [4.78, 5) is 32.0. The Labute approximate surface area is 166 Å². The Morgan fingerprint density at radius 2 is 2.11 bits per heavy atom. The first-order valence-corrected chi connectivity index (χ1v) is 10.7. The molecule has 2 aliphatic rings. The minimum absolute atomic E-state index is 0.0166. The molecule has 0 saturated carbocycles. The predicted octanol–water partition coefficient (Wildman–Crippen LogP) is 2.94. The van der Waals surface area contributed by atoms with E-state index in [1.165, 1.54) is 11.8 Å². The van der Waals surface area contributed by atoms with E-state index in [1.807, 2.05) is 4.90 Å². The van der Waals surface area contributed by atoms with Gasteiger partial charge >= 0.3 is 0 Å². The van der Waals surface area contributed by atoms with Gasteiger partial charge in [-0.3, -0.25) is 14.2 Å². The molecule has 1 atom stereocenters. The Morgan fingerprint density at radius 1 is 1.30 bits per heavy atom. The molecule has 3 heterocycles. The van der Waals surface area contributed by atoms with Crippen LogP contribution in [-0.2, 0) is 16.1 Å². The number of nitrogens with zero attached hydrogens (tertiary/aromatic N) is 3. The molecule has 2 aliphatic heterocycles. The van der Waals surface area contributed by atoms with Crippen molar-refractivity contribution in [3.05, 3.63) is 33.6 Å². The second-order valence-electron chi connectivity index (χ2n) is 6.98. The number of amides is 1. The van der Waals surface area contributed by atoms with Crippen LogP contribution >= 0.6 is 23.4 Å². The molecule has 0 bridgehead atoms. The number of hydrogen-bond donors (Lipinski definition) is 0. The third-order valence-electron chi connectivity index (χ3n) is 5.08. The Hall–Kier alpha value is -1.57. The lowest BCUT2D eigenvalue weighted by atomic mass is 10.2. The van der Waals surface area contributed by atoms with Gasteiger partial charge in [0.1, 0.15) is 0 Å². The summed E-state index contributed by atoms with van der Waals surface area (Å²) in [5.41, 5.74) is 0.454. The van der Waals surface area contributed by atoms with E-state index in [2.05, 4.69) is 4.98 Å². The first-order valence-electron chi connectivity index (χ1n) is 9.34. The van der Waals surface area contributed by atoms with E-state index < -0.39 is 0 Å². The zero-order chi connectivity index (χ0) is 18.8. The SMILES string of the molecule is O=C(CSc1nc2cc(Cl)ccc2c(=O)n1C[C@H]1CCCO1)N1CCCC1. The molecule has 27 heavy (non-hydrogen) atoms. The third-order valence-corrected chi connectivity index (χ3v) is 6.27. The van der Waals surface area contributed by atoms with Crippen molar-refractivity contribution in [2.45, 2.75) is 43.5 Å². The second-order valence-corrected chi connectivity index (χ2v) is 8.36. The summed E-state index contributed by atoms with van der Waals surface area (Å²) in [7, 11) is 0. The molecule has 2 aromatic rings. The van der Waals surface area contributed by atoms with E-state index in [0.717, 1.165) is 45.4 Å². The number of hydrogen-bond acceptors (Lipinski definition) is 5. The molecule has 1 amide bonds. The molecule has 144 valence electrons. The van der Waals surface area contributed by atoms with Crippen LogP contribution in [0.2, 0.25) is 5.02 Å². The Bertz CT molecular complexity index is 905. The lowest BCUT2D eigenvalue weighted by molar-refractivity contribution is -0.127. The minimum Gasteiger partial charge on any atom is -0.376 e. The summed E-state index contributed by atoms with van der Waals surface area (Å²) < 4.78 is 7.37. The van der Waals surface area contributed by atoms with Gasteiger partial charge in [-0.2, -0.15) is 0 Å². The van der Waals surface area contributed by atoms with Crippen molar-refractivity contribution in [2.24, 2.45) is 0 Å². The van der Waals surface area contributed by atoms with Crippen LogP contribution in [0.1, 0.15) is 25.7 Å². The molecule has 2 saturated heterocycles. The fourth-order valence-electron chi connectivity index (χ4n) is 3.62. The normalized spacial score (nSPS) is 19.9. The smallest absolute Gasteiger partial charge is 0.262 e. The number of thioether (sulfide) groups is 1. The highest BCUT2D eigenvalue weighted by Gasteiger charge is 2.22. The largest absolute Gasteiger partial charge is 0.376 e. The van der Waals surface area contributed by atoms with E-state index in [-0.39, 0.29) is 23.3 Å². The van der Waals surface area contributed by atoms with Crippen LogP contribution in [0.15, 0.2) is 28.2 Å². The Morgan fingerprint density at radius 3 is 2.85 bits per heavy atom. The van der Waals surface area contributed by atoms with Gasteiger partial charge in [0.25, 0.3) is 5.56 Å². The van der Waals surface area contributed by atoms with E-state index >= 15 is 0 Å². The van der Waals surface area contributed by atoms with Gasteiger partial charge in [0.2, 0.25) is 5.91 Å². The number of aromatic nitrogens is 2. The summed E-state index contributed by atoms with van der Waals surface area (Å²) in [6, 6.07) is 5.11. The van der Waals surface area contributed by atoms with E-state index in [1.54, 1.807) is 22.8 Å². The van der Waals surface area contributed by atoms with Gasteiger partial charge in [-0.05, 0) is 43.9 Å². The highest BCUT2D eigenvalue weighted by Crippen LogP contribution is 2.23. The summed E-state index contributed by atoms with van der Waals surface area (Å²) in [6.07, 6.45) is 4.08. The maximum atomic E-state index is 13.1. The number of ether oxygens (including phenoxy) is 1. The molecular formula is C19H22ClN3O3S. The summed E-state index contributed by atoms with van der Waals surface area (Å²) in [6.45, 7) is 2.84. The summed E-state index contributed by atoms with van der Waals surface area (Å²) in [5.74, 6) is 0.380. The maximum Gasteiger partial charge on any atom is 0.262 e. The molecule has 1 aromatic heterocycles. The molecule has 1 aromatic carbocycles. The highest BCUT2D eigenvalue weighted by atomic mass is 35.5. The van der Waals surface area contributed by atoms with Gasteiger partial charge in [0.05, 0.1) is 29.3 Å². The molecular weight excluding hydrogens is 386 g/mol. The average molecular weight is 408 g/mol. The van der Waals surface area contributed by atoms with Crippen LogP contribution in [0.5, 0.6) is 0 Å². The van der Waals surface area contributed by atoms with Gasteiger partial charge in [-0.25, -0.2) is 4.98 Å². The lowest BCUT2D eigenvalue weighted by Gasteiger charge is -2.18. The van der Waals surface area contributed by atoms with Gasteiger partial charge < -0.3 is 9.64 Å². The van der Waals surface area contributed by atoms with Crippen LogP contribution in [0, 0.1) is 0 Å². The predicted molar refractivity (Wildman–Crippen MR) is 107 cm³/mol. The van der Waals surface area contributed by atoms with Crippen LogP contribution in [0.3, 0.4) is 0 Å². The minimum atomic E-state index is -0.108. The fourth-order valence-corrected chi connectivity index (χ4v) is 4.70. The molecule has 4 rings (SSSR count). The van der Waals surface area contributed by atoms with Crippen molar-refractivity contribution in [3.63, 3.8) is 0 Å². The Kier molecular flexibility index (Phi) is 5.71. The summed E-state index contributed by atoms with van der Waals surface area (Å²) >= 11 is 7.40. The maximum absolute atomic E-state index is 13.1. The van der Waals surface area contributed by atoms with Crippen molar-refractivity contribution in [3.8, 4) is 0 Å². The number of halogens is 1. The summed E-state index contributed by atoms with van der Waals surface area (Å²) in [5, 5.41) is 1.63. The number of fused-ring (bicyclic) bond motifs is 1.